The average molecular weight is 228 g/mol. The Balaban J connectivity index is 2.70. The summed E-state index contributed by atoms with van der Waals surface area (Å²) >= 11 is 0. The molecule has 0 amide bonds. The van der Waals surface area contributed by atoms with Crippen molar-refractivity contribution >= 4 is 5.97 Å². The normalized spacial score (nSPS) is 29.7. The summed E-state index contributed by atoms with van der Waals surface area (Å²) in [4.78, 5) is 14.1. The van der Waals surface area contributed by atoms with Crippen molar-refractivity contribution in [1.29, 1.82) is 0 Å². The third kappa shape index (κ3) is 2.74. The zero-order valence-electron chi connectivity index (χ0n) is 10.9. The smallest absolute Gasteiger partial charge is 0.326 e. The number of nitrogens with one attached hydrogen (secondary N) is 1. The van der Waals surface area contributed by atoms with Crippen LogP contribution >= 0.6 is 0 Å². The van der Waals surface area contributed by atoms with E-state index in [9.17, 15) is 4.79 Å². The Morgan fingerprint density at radius 2 is 2.25 bits per heavy atom. The van der Waals surface area contributed by atoms with Crippen LogP contribution in [0.3, 0.4) is 0 Å². The van der Waals surface area contributed by atoms with Crippen LogP contribution in [0.5, 0.6) is 0 Å². The maximum atomic E-state index is 11.9. The van der Waals surface area contributed by atoms with Gasteiger partial charge in [0.05, 0.1) is 7.11 Å². The predicted octanol–water partition coefficient (Wildman–Crippen LogP) is 1.01. The standard InChI is InChI=1S/C12H24N2O2/c1-5-8-13-12(11(15)16-4)7-6-10(9-12)14(2)3/h10,13H,5-9H2,1-4H3. The maximum absolute atomic E-state index is 11.9. The van der Waals surface area contributed by atoms with Crippen molar-refractivity contribution in [3.63, 3.8) is 0 Å². The van der Waals surface area contributed by atoms with E-state index in [-0.39, 0.29) is 5.97 Å². The molecule has 1 N–H and O–H groups in total. The van der Waals surface area contributed by atoms with E-state index < -0.39 is 5.54 Å². The van der Waals surface area contributed by atoms with Crippen LogP contribution in [0, 0.1) is 0 Å². The molecular weight excluding hydrogens is 204 g/mol. The molecule has 0 aromatic rings. The molecule has 1 aliphatic rings. The van der Waals surface area contributed by atoms with E-state index in [1.165, 1.54) is 7.11 Å². The van der Waals surface area contributed by atoms with Gasteiger partial charge in [-0.3, -0.25) is 4.79 Å². The van der Waals surface area contributed by atoms with E-state index >= 15 is 0 Å². The minimum Gasteiger partial charge on any atom is -0.468 e. The molecule has 4 heteroatoms. The molecule has 0 radical (unpaired) electrons. The molecule has 16 heavy (non-hydrogen) atoms. The van der Waals surface area contributed by atoms with Crippen LogP contribution in [0.4, 0.5) is 0 Å². The fourth-order valence-corrected chi connectivity index (χ4v) is 2.44. The highest BCUT2D eigenvalue weighted by atomic mass is 16.5. The first-order chi connectivity index (χ1) is 7.55. The molecule has 1 fully saturated rings. The summed E-state index contributed by atoms with van der Waals surface area (Å²) in [6, 6.07) is 0.475. The Labute approximate surface area is 98.3 Å². The lowest BCUT2D eigenvalue weighted by Gasteiger charge is -2.28. The number of ether oxygens (including phenoxy) is 1. The van der Waals surface area contributed by atoms with Crippen molar-refractivity contribution < 1.29 is 9.53 Å². The number of hydrogen-bond donors (Lipinski definition) is 1. The van der Waals surface area contributed by atoms with Crippen LogP contribution < -0.4 is 5.32 Å². The van der Waals surface area contributed by atoms with Gasteiger partial charge in [-0.05, 0) is 46.3 Å². The molecule has 94 valence electrons. The van der Waals surface area contributed by atoms with Crippen molar-refractivity contribution in [3.05, 3.63) is 0 Å². The summed E-state index contributed by atoms with van der Waals surface area (Å²) in [5, 5.41) is 3.38. The number of esters is 1. The van der Waals surface area contributed by atoms with E-state index in [0.717, 1.165) is 32.2 Å². The summed E-state index contributed by atoms with van der Waals surface area (Å²) in [5.41, 5.74) is -0.445. The SMILES string of the molecule is CCCNC1(C(=O)OC)CCC(N(C)C)C1. The van der Waals surface area contributed by atoms with Gasteiger partial charge in [-0.15, -0.1) is 0 Å². The van der Waals surface area contributed by atoms with Gasteiger partial charge in [0.25, 0.3) is 0 Å². The van der Waals surface area contributed by atoms with Gasteiger partial charge >= 0.3 is 5.97 Å². The predicted molar refractivity (Wildman–Crippen MR) is 64.4 cm³/mol. The summed E-state index contributed by atoms with van der Waals surface area (Å²) in [6.45, 7) is 2.98. The highest BCUT2D eigenvalue weighted by Crippen LogP contribution is 2.33. The zero-order chi connectivity index (χ0) is 12.2. The minimum atomic E-state index is -0.445. The third-order valence-corrected chi connectivity index (χ3v) is 3.51. The Kier molecular flexibility index (Phi) is 4.74. The topological polar surface area (TPSA) is 41.6 Å². The van der Waals surface area contributed by atoms with Crippen molar-refractivity contribution in [1.82, 2.24) is 10.2 Å². The molecule has 0 aliphatic heterocycles. The molecule has 0 aromatic heterocycles. The molecule has 0 bridgehead atoms. The first-order valence-corrected chi connectivity index (χ1v) is 6.05. The quantitative estimate of drug-likeness (QED) is 0.713. The Morgan fingerprint density at radius 1 is 1.56 bits per heavy atom. The van der Waals surface area contributed by atoms with Gasteiger partial charge in [0, 0.05) is 6.04 Å². The maximum Gasteiger partial charge on any atom is 0.326 e. The number of hydrogen-bond acceptors (Lipinski definition) is 4. The Morgan fingerprint density at radius 3 is 2.69 bits per heavy atom. The first-order valence-electron chi connectivity index (χ1n) is 6.05. The number of carbonyl (C=O) groups is 1. The van der Waals surface area contributed by atoms with E-state index in [4.69, 9.17) is 4.74 Å². The van der Waals surface area contributed by atoms with E-state index in [0.29, 0.717) is 6.04 Å². The summed E-state index contributed by atoms with van der Waals surface area (Å²) in [6.07, 6.45) is 3.82. The summed E-state index contributed by atoms with van der Waals surface area (Å²) in [7, 11) is 5.61. The van der Waals surface area contributed by atoms with Crippen LogP contribution in [-0.4, -0.2) is 50.2 Å². The van der Waals surface area contributed by atoms with Gasteiger partial charge in [0.15, 0.2) is 0 Å². The second-order valence-corrected chi connectivity index (χ2v) is 4.86. The molecule has 0 saturated heterocycles. The highest BCUT2D eigenvalue weighted by Gasteiger charge is 2.46. The van der Waals surface area contributed by atoms with Crippen LogP contribution in [-0.2, 0) is 9.53 Å². The third-order valence-electron chi connectivity index (χ3n) is 3.51. The van der Waals surface area contributed by atoms with Crippen molar-refractivity contribution in [2.24, 2.45) is 0 Å². The largest absolute Gasteiger partial charge is 0.468 e. The van der Waals surface area contributed by atoms with Gasteiger partial charge in [0.1, 0.15) is 5.54 Å². The van der Waals surface area contributed by atoms with E-state index in [1.54, 1.807) is 0 Å². The number of rotatable bonds is 5. The van der Waals surface area contributed by atoms with Crippen LogP contribution in [0.1, 0.15) is 32.6 Å². The van der Waals surface area contributed by atoms with Gasteiger partial charge in [-0.25, -0.2) is 0 Å². The van der Waals surface area contributed by atoms with E-state index in [2.05, 4.69) is 31.2 Å². The highest BCUT2D eigenvalue weighted by molar-refractivity contribution is 5.81. The molecular formula is C12H24N2O2. The molecule has 0 spiro atoms. The average Bonchev–Trinajstić information content (AvgIpc) is 2.71. The fraction of sp³-hybridized carbons (Fsp3) is 0.917. The lowest BCUT2D eigenvalue weighted by Crippen LogP contribution is -2.52. The summed E-state index contributed by atoms with van der Waals surface area (Å²) in [5.74, 6) is -0.106. The summed E-state index contributed by atoms with van der Waals surface area (Å²) < 4.78 is 4.94. The first kappa shape index (κ1) is 13.5. The molecule has 1 saturated carbocycles. The molecule has 2 atom stereocenters. The molecule has 1 rings (SSSR count). The van der Waals surface area contributed by atoms with Gasteiger partial charge < -0.3 is 15.0 Å². The van der Waals surface area contributed by atoms with Crippen LogP contribution in [0.2, 0.25) is 0 Å². The van der Waals surface area contributed by atoms with Crippen molar-refractivity contribution in [3.8, 4) is 0 Å². The number of methoxy groups -OCH3 is 1. The van der Waals surface area contributed by atoms with Gasteiger partial charge in [0.2, 0.25) is 0 Å². The van der Waals surface area contributed by atoms with Gasteiger partial charge in [-0.1, -0.05) is 6.92 Å². The van der Waals surface area contributed by atoms with Crippen molar-refractivity contribution in [2.75, 3.05) is 27.7 Å². The minimum absolute atomic E-state index is 0.106. The molecule has 0 heterocycles. The fourth-order valence-electron chi connectivity index (χ4n) is 2.44. The molecule has 2 unspecified atom stereocenters. The van der Waals surface area contributed by atoms with E-state index in [1.807, 2.05) is 0 Å². The van der Waals surface area contributed by atoms with Crippen LogP contribution in [0.25, 0.3) is 0 Å². The number of nitrogens with zero attached hydrogens (tertiary/aromatic N) is 1. The Hall–Kier alpha value is -0.610. The lowest BCUT2D eigenvalue weighted by molar-refractivity contribution is -0.148. The number of carbonyl (C=O) groups excluding carboxylic acids is 1. The molecule has 0 aromatic carbocycles. The molecule has 4 nitrogen and oxygen atoms in total. The Bertz CT molecular complexity index is 243. The van der Waals surface area contributed by atoms with Crippen LogP contribution in [0.15, 0.2) is 0 Å². The monoisotopic (exact) mass is 228 g/mol. The lowest BCUT2D eigenvalue weighted by atomic mass is 9.97. The second-order valence-electron chi connectivity index (χ2n) is 4.86. The van der Waals surface area contributed by atoms with Gasteiger partial charge in [-0.2, -0.15) is 0 Å². The van der Waals surface area contributed by atoms with Crippen molar-refractivity contribution in [2.45, 2.75) is 44.2 Å². The second kappa shape index (κ2) is 5.64. The zero-order valence-corrected chi connectivity index (χ0v) is 10.9. The molecule has 1 aliphatic carbocycles.